The monoisotopic (exact) mass is 319 g/mol. The van der Waals surface area contributed by atoms with Crippen LogP contribution in [0.3, 0.4) is 0 Å². The van der Waals surface area contributed by atoms with Gasteiger partial charge in [-0.15, -0.1) is 0 Å². The predicted octanol–water partition coefficient (Wildman–Crippen LogP) is 2.51. The van der Waals surface area contributed by atoms with Gasteiger partial charge in [-0.1, -0.05) is 13.0 Å². The molecule has 5 nitrogen and oxygen atoms in total. The maximum Gasteiger partial charge on any atom is 0.326 e. The molecule has 0 aromatic heterocycles. The lowest BCUT2D eigenvalue weighted by Gasteiger charge is -2.32. The molecule has 0 amide bonds. The van der Waals surface area contributed by atoms with Crippen molar-refractivity contribution in [3.8, 4) is 0 Å². The number of hydrogen-bond donors (Lipinski definition) is 1. The molecule has 0 heterocycles. The summed E-state index contributed by atoms with van der Waals surface area (Å²) in [5, 5.41) is 0. The highest BCUT2D eigenvalue weighted by Crippen LogP contribution is 2.42. The van der Waals surface area contributed by atoms with Crippen LogP contribution >= 0.6 is 0 Å². The van der Waals surface area contributed by atoms with Gasteiger partial charge in [0.25, 0.3) is 0 Å². The van der Waals surface area contributed by atoms with Crippen LogP contribution in [0.25, 0.3) is 0 Å². The van der Waals surface area contributed by atoms with E-state index in [1.165, 1.54) is 7.11 Å². The fraction of sp³-hybridized carbons (Fsp3) is 0.611. The minimum atomic E-state index is -0.372. The molecule has 1 aromatic rings. The predicted molar refractivity (Wildman–Crippen MR) is 94.6 cm³/mol. The van der Waals surface area contributed by atoms with Crippen LogP contribution < -0.4 is 10.6 Å². The van der Waals surface area contributed by atoms with Crippen molar-refractivity contribution < 1.29 is 9.53 Å². The Balaban J connectivity index is 1.96. The van der Waals surface area contributed by atoms with Crippen LogP contribution in [0.2, 0.25) is 0 Å². The van der Waals surface area contributed by atoms with E-state index in [0.717, 1.165) is 43.6 Å². The Bertz CT molecular complexity index is 543. The molecule has 0 spiro atoms. The van der Waals surface area contributed by atoms with Crippen LogP contribution in [-0.2, 0) is 9.53 Å². The zero-order chi connectivity index (χ0) is 17.0. The van der Waals surface area contributed by atoms with Crippen molar-refractivity contribution in [3.05, 3.63) is 24.3 Å². The number of benzene rings is 1. The number of rotatable bonds is 8. The fourth-order valence-electron chi connectivity index (χ4n) is 3.23. The van der Waals surface area contributed by atoms with Crippen molar-refractivity contribution in [1.29, 1.82) is 0 Å². The molecule has 2 N–H and O–H groups in total. The molecule has 128 valence electrons. The Morgan fingerprint density at radius 1 is 1.39 bits per heavy atom. The second-order valence-corrected chi connectivity index (χ2v) is 6.50. The van der Waals surface area contributed by atoms with Crippen LogP contribution in [0, 0.1) is 0 Å². The standard InChI is InChI=1S/C18H29N3O2/c1-5-15(21(3)16-8-6-7-14(19)13-16)9-12-20(2)18(10-11-18)17(22)23-4/h6-8,13,15H,5,9-12,19H2,1-4H3. The Morgan fingerprint density at radius 2 is 2.09 bits per heavy atom. The highest BCUT2D eigenvalue weighted by Gasteiger charge is 2.54. The number of nitrogens with zero attached hydrogens (tertiary/aromatic N) is 2. The Kier molecular flexibility index (Phi) is 5.52. The van der Waals surface area contributed by atoms with E-state index in [9.17, 15) is 4.79 Å². The van der Waals surface area contributed by atoms with Crippen molar-refractivity contribution in [1.82, 2.24) is 4.90 Å². The zero-order valence-electron chi connectivity index (χ0n) is 14.7. The first kappa shape index (κ1) is 17.6. The third-order valence-corrected chi connectivity index (χ3v) is 5.11. The first-order valence-corrected chi connectivity index (χ1v) is 8.32. The number of likely N-dealkylation sites (N-methyl/N-ethyl adjacent to an activating group) is 1. The maximum atomic E-state index is 12.0. The van der Waals surface area contributed by atoms with Crippen molar-refractivity contribution in [2.75, 3.05) is 38.4 Å². The van der Waals surface area contributed by atoms with Gasteiger partial charge < -0.3 is 15.4 Å². The highest BCUT2D eigenvalue weighted by atomic mass is 16.5. The average Bonchev–Trinajstić information content (AvgIpc) is 3.36. The molecule has 1 fully saturated rings. The molecule has 0 bridgehead atoms. The molecule has 1 aromatic carbocycles. The number of carbonyl (C=O) groups excluding carboxylic acids is 1. The summed E-state index contributed by atoms with van der Waals surface area (Å²) in [6.45, 7) is 3.07. The molecule has 0 saturated heterocycles. The maximum absolute atomic E-state index is 12.0. The summed E-state index contributed by atoms with van der Waals surface area (Å²) in [6.07, 6.45) is 3.84. The topological polar surface area (TPSA) is 58.8 Å². The molecule has 2 rings (SSSR count). The van der Waals surface area contributed by atoms with Gasteiger partial charge in [-0.3, -0.25) is 9.69 Å². The first-order valence-electron chi connectivity index (χ1n) is 8.32. The lowest BCUT2D eigenvalue weighted by Crippen LogP contribution is -2.44. The summed E-state index contributed by atoms with van der Waals surface area (Å²) >= 11 is 0. The summed E-state index contributed by atoms with van der Waals surface area (Å²) in [7, 11) is 5.60. The van der Waals surface area contributed by atoms with E-state index in [4.69, 9.17) is 10.5 Å². The quantitative estimate of drug-likeness (QED) is 0.589. The third kappa shape index (κ3) is 3.78. The lowest BCUT2D eigenvalue weighted by molar-refractivity contribution is -0.148. The molecule has 0 aliphatic heterocycles. The van der Waals surface area contributed by atoms with Gasteiger partial charge in [0, 0.05) is 31.0 Å². The molecular formula is C18H29N3O2. The highest BCUT2D eigenvalue weighted by molar-refractivity contribution is 5.84. The van der Waals surface area contributed by atoms with Crippen molar-refractivity contribution in [2.45, 2.75) is 44.2 Å². The third-order valence-electron chi connectivity index (χ3n) is 5.11. The van der Waals surface area contributed by atoms with Crippen molar-refractivity contribution >= 4 is 17.3 Å². The molecule has 1 aliphatic rings. The fourth-order valence-corrected chi connectivity index (χ4v) is 3.23. The summed E-state index contributed by atoms with van der Waals surface area (Å²) in [5.74, 6) is -0.0998. The van der Waals surface area contributed by atoms with E-state index in [1.807, 2.05) is 25.2 Å². The molecule has 1 atom stereocenters. The number of nitrogen functional groups attached to an aromatic ring is 1. The Labute approximate surface area is 139 Å². The van der Waals surface area contributed by atoms with E-state index in [1.54, 1.807) is 0 Å². The molecule has 1 aliphatic carbocycles. The average molecular weight is 319 g/mol. The molecule has 1 saturated carbocycles. The van der Waals surface area contributed by atoms with E-state index in [2.05, 4.69) is 29.8 Å². The summed E-state index contributed by atoms with van der Waals surface area (Å²) < 4.78 is 4.96. The molecule has 0 radical (unpaired) electrons. The summed E-state index contributed by atoms with van der Waals surface area (Å²) in [4.78, 5) is 16.4. The number of esters is 1. The number of carbonyl (C=O) groups is 1. The van der Waals surface area contributed by atoms with Gasteiger partial charge in [-0.2, -0.15) is 0 Å². The van der Waals surface area contributed by atoms with Crippen LogP contribution in [0.1, 0.15) is 32.6 Å². The second kappa shape index (κ2) is 7.21. The summed E-state index contributed by atoms with van der Waals surface area (Å²) in [6, 6.07) is 8.38. The van der Waals surface area contributed by atoms with Gasteiger partial charge >= 0.3 is 5.97 Å². The normalized spacial score (nSPS) is 16.9. The van der Waals surface area contributed by atoms with E-state index in [-0.39, 0.29) is 11.5 Å². The van der Waals surface area contributed by atoms with Gasteiger partial charge in [0.15, 0.2) is 0 Å². The number of hydrogen-bond acceptors (Lipinski definition) is 5. The first-order chi connectivity index (χ1) is 10.9. The van der Waals surface area contributed by atoms with Gasteiger partial charge in [0.1, 0.15) is 5.54 Å². The number of nitrogens with two attached hydrogens (primary N) is 1. The SMILES string of the molecule is CCC(CCN(C)C1(C(=O)OC)CC1)N(C)c1cccc(N)c1. The van der Waals surface area contributed by atoms with E-state index < -0.39 is 0 Å². The second-order valence-electron chi connectivity index (χ2n) is 6.50. The number of ether oxygens (including phenoxy) is 1. The number of anilines is 2. The molecule has 1 unspecified atom stereocenters. The van der Waals surface area contributed by atoms with Gasteiger partial charge in [0.05, 0.1) is 7.11 Å². The van der Waals surface area contributed by atoms with Gasteiger partial charge in [0.2, 0.25) is 0 Å². The minimum absolute atomic E-state index is 0.0998. The molecule has 5 heteroatoms. The van der Waals surface area contributed by atoms with Crippen molar-refractivity contribution in [3.63, 3.8) is 0 Å². The Hall–Kier alpha value is -1.75. The van der Waals surface area contributed by atoms with Gasteiger partial charge in [-0.25, -0.2) is 0 Å². The summed E-state index contributed by atoms with van der Waals surface area (Å²) in [5.41, 5.74) is 7.43. The van der Waals surface area contributed by atoms with Crippen molar-refractivity contribution in [2.24, 2.45) is 0 Å². The van der Waals surface area contributed by atoms with Crippen LogP contribution in [0.15, 0.2) is 24.3 Å². The zero-order valence-corrected chi connectivity index (χ0v) is 14.7. The lowest BCUT2D eigenvalue weighted by atomic mass is 10.1. The van der Waals surface area contributed by atoms with E-state index in [0.29, 0.717) is 6.04 Å². The van der Waals surface area contributed by atoms with Gasteiger partial charge in [-0.05, 0) is 50.9 Å². The van der Waals surface area contributed by atoms with E-state index >= 15 is 0 Å². The molecule has 23 heavy (non-hydrogen) atoms. The molecular weight excluding hydrogens is 290 g/mol. The Morgan fingerprint density at radius 3 is 2.61 bits per heavy atom. The van der Waals surface area contributed by atoms with Crippen LogP contribution in [-0.4, -0.2) is 50.2 Å². The largest absolute Gasteiger partial charge is 0.468 e. The number of methoxy groups -OCH3 is 1. The minimum Gasteiger partial charge on any atom is -0.468 e. The smallest absolute Gasteiger partial charge is 0.326 e. The van der Waals surface area contributed by atoms with Crippen LogP contribution in [0.4, 0.5) is 11.4 Å². The van der Waals surface area contributed by atoms with Crippen LogP contribution in [0.5, 0.6) is 0 Å².